The molecule has 1 aliphatic rings. The summed E-state index contributed by atoms with van der Waals surface area (Å²) in [5.74, 6) is 0. The van der Waals surface area contributed by atoms with Gasteiger partial charge >= 0.3 is 0 Å². The van der Waals surface area contributed by atoms with E-state index in [0.717, 1.165) is 30.4 Å². The van der Waals surface area contributed by atoms with Crippen molar-refractivity contribution < 1.29 is 0 Å². The van der Waals surface area contributed by atoms with Gasteiger partial charge in [-0.25, -0.2) is 0 Å². The van der Waals surface area contributed by atoms with Gasteiger partial charge in [0, 0.05) is 18.8 Å². The van der Waals surface area contributed by atoms with Crippen molar-refractivity contribution >= 4 is 0 Å². The van der Waals surface area contributed by atoms with Crippen LogP contribution in [0.1, 0.15) is 25.5 Å². The molecule has 1 fully saturated rings. The molecule has 1 heterocycles. The standard InChI is InChI=1S/C11H17N3/c1-9(2)8-14-6-5-11(13-14)7-12-10-3-4-10/h5-6,10,12H,1,3-4,7-8H2,2H3. The van der Waals surface area contributed by atoms with E-state index in [4.69, 9.17) is 0 Å². The summed E-state index contributed by atoms with van der Waals surface area (Å²) in [4.78, 5) is 0. The van der Waals surface area contributed by atoms with Crippen LogP contribution in [0.15, 0.2) is 24.4 Å². The van der Waals surface area contributed by atoms with Gasteiger partial charge in [0.2, 0.25) is 0 Å². The van der Waals surface area contributed by atoms with Gasteiger partial charge in [0.1, 0.15) is 0 Å². The number of allylic oxidation sites excluding steroid dienone is 1. The molecular weight excluding hydrogens is 174 g/mol. The van der Waals surface area contributed by atoms with Crippen molar-refractivity contribution in [1.82, 2.24) is 15.1 Å². The average molecular weight is 191 g/mol. The van der Waals surface area contributed by atoms with Gasteiger partial charge in [0.05, 0.1) is 12.2 Å². The Morgan fingerprint density at radius 2 is 2.50 bits per heavy atom. The number of nitrogens with zero attached hydrogens (tertiary/aromatic N) is 2. The lowest BCUT2D eigenvalue weighted by Crippen LogP contribution is -2.15. The van der Waals surface area contributed by atoms with Crippen LogP contribution in [-0.2, 0) is 13.1 Å². The molecular formula is C11H17N3. The minimum atomic E-state index is 0.751. The Morgan fingerprint density at radius 3 is 3.14 bits per heavy atom. The van der Waals surface area contributed by atoms with Crippen LogP contribution in [0.3, 0.4) is 0 Å². The molecule has 0 aromatic carbocycles. The lowest BCUT2D eigenvalue weighted by molar-refractivity contribution is 0.628. The molecule has 0 bridgehead atoms. The zero-order valence-electron chi connectivity index (χ0n) is 8.66. The van der Waals surface area contributed by atoms with Crippen LogP contribution < -0.4 is 5.32 Å². The molecule has 2 rings (SSSR count). The van der Waals surface area contributed by atoms with E-state index in [1.54, 1.807) is 0 Å². The van der Waals surface area contributed by atoms with E-state index in [9.17, 15) is 0 Å². The molecule has 0 radical (unpaired) electrons. The van der Waals surface area contributed by atoms with Crippen molar-refractivity contribution in [3.05, 3.63) is 30.1 Å². The molecule has 0 atom stereocenters. The zero-order valence-corrected chi connectivity index (χ0v) is 8.66. The zero-order chi connectivity index (χ0) is 9.97. The first kappa shape index (κ1) is 9.46. The highest BCUT2D eigenvalue weighted by Gasteiger charge is 2.20. The average Bonchev–Trinajstić information content (AvgIpc) is 2.84. The summed E-state index contributed by atoms with van der Waals surface area (Å²) >= 11 is 0. The maximum atomic E-state index is 4.44. The Labute approximate surface area is 84.8 Å². The maximum Gasteiger partial charge on any atom is 0.0762 e. The molecule has 3 heteroatoms. The molecule has 1 aromatic heterocycles. The fraction of sp³-hybridized carbons (Fsp3) is 0.545. The number of hydrogen-bond donors (Lipinski definition) is 1. The molecule has 1 aliphatic carbocycles. The third kappa shape index (κ3) is 2.70. The quantitative estimate of drug-likeness (QED) is 0.718. The smallest absolute Gasteiger partial charge is 0.0762 e. The van der Waals surface area contributed by atoms with Crippen molar-refractivity contribution in [1.29, 1.82) is 0 Å². The van der Waals surface area contributed by atoms with Crippen LogP contribution in [0.5, 0.6) is 0 Å². The van der Waals surface area contributed by atoms with Crippen LogP contribution in [0.25, 0.3) is 0 Å². The van der Waals surface area contributed by atoms with Crippen molar-refractivity contribution in [3.8, 4) is 0 Å². The Balaban J connectivity index is 1.84. The van der Waals surface area contributed by atoms with Gasteiger partial charge in [0.25, 0.3) is 0 Å². The molecule has 0 unspecified atom stereocenters. The second kappa shape index (κ2) is 3.96. The molecule has 3 nitrogen and oxygen atoms in total. The lowest BCUT2D eigenvalue weighted by Gasteiger charge is -2.00. The highest BCUT2D eigenvalue weighted by Crippen LogP contribution is 2.18. The predicted octanol–water partition coefficient (Wildman–Crippen LogP) is 1.71. The van der Waals surface area contributed by atoms with Crippen LogP contribution in [0.4, 0.5) is 0 Å². The fourth-order valence-corrected chi connectivity index (χ4v) is 1.40. The first-order valence-corrected chi connectivity index (χ1v) is 5.14. The van der Waals surface area contributed by atoms with Gasteiger partial charge in [-0.05, 0) is 25.8 Å². The molecule has 14 heavy (non-hydrogen) atoms. The minimum absolute atomic E-state index is 0.751. The monoisotopic (exact) mass is 191 g/mol. The van der Waals surface area contributed by atoms with Crippen LogP contribution in [0.2, 0.25) is 0 Å². The first-order valence-electron chi connectivity index (χ1n) is 5.14. The molecule has 1 N–H and O–H groups in total. The molecule has 1 aromatic rings. The number of nitrogens with one attached hydrogen (secondary N) is 1. The SMILES string of the molecule is C=C(C)Cn1ccc(CNC2CC2)n1. The van der Waals surface area contributed by atoms with E-state index in [0.29, 0.717) is 0 Å². The molecule has 0 saturated heterocycles. The highest BCUT2D eigenvalue weighted by molar-refractivity contribution is 5.01. The van der Waals surface area contributed by atoms with Gasteiger partial charge in [-0.3, -0.25) is 4.68 Å². The summed E-state index contributed by atoms with van der Waals surface area (Å²) in [6, 6.07) is 2.82. The first-order chi connectivity index (χ1) is 6.74. The number of hydrogen-bond acceptors (Lipinski definition) is 2. The van der Waals surface area contributed by atoms with Crippen LogP contribution in [-0.4, -0.2) is 15.8 Å². The van der Waals surface area contributed by atoms with E-state index in [1.165, 1.54) is 12.8 Å². The molecule has 0 spiro atoms. The summed E-state index contributed by atoms with van der Waals surface area (Å²) in [6.07, 6.45) is 4.66. The second-order valence-electron chi connectivity index (χ2n) is 4.12. The summed E-state index contributed by atoms with van der Waals surface area (Å²) in [5.41, 5.74) is 2.26. The molecule has 1 saturated carbocycles. The number of rotatable bonds is 5. The summed E-state index contributed by atoms with van der Waals surface area (Å²) in [6.45, 7) is 7.60. The van der Waals surface area contributed by atoms with Gasteiger partial charge in [0.15, 0.2) is 0 Å². The van der Waals surface area contributed by atoms with E-state index < -0.39 is 0 Å². The molecule has 0 amide bonds. The third-order valence-electron chi connectivity index (χ3n) is 2.28. The van der Waals surface area contributed by atoms with E-state index >= 15 is 0 Å². The van der Waals surface area contributed by atoms with Crippen molar-refractivity contribution in [2.45, 2.75) is 38.9 Å². The fourth-order valence-electron chi connectivity index (χ4n) is 1.40. The molecule has 0 aliphatic heterocycles. The van der Waals surface area contributed by atoms with Crippen LogP contribution >= 0.6 is 0 Å². The van der Waals surface area contributed by atoms with Crippen molar-refractivity contribution in [2.24, 2.45) is 0 Å². The Bertz CT molecular complexity index is 323. The lowest BCUT2D eigenvalue weighted by atomic mass is 10.4. The van der Waals surface area contributed by atoms with Gasteiger partial charge in [-0.1, -0.05) is 12.2 Å². The normalized spacial score (nSPS) is 15.8. The Morgan fingerprint density at radius 1 is 1.71 bits per heavy atom. The summed E-state index contributed by atoms with van der Waals surface area (Å²) in [7, 11) is 0. The predicted molar refractivity (Wildman–Crippen MR) is 56.9 cm³/mol. The van der Waals surface area contributed by atoms with Gasteiger partial charge < -0.3 is 5.32 Å². The van der Waals surface area contributed by atoms with Gasteiger partial charge in [-0.2, -0.15) is 5.10 Å². The van der Waals surface area contributed by atoms with Crippen molar-refractivity contribution in [3.63, 3.8) is 0 Å². The van der Waals surface area contributed by atoms with Crippen molar-refractivity contribution in [2.75, 3.05) is 0 Å². The maximum absolute atomic E-state index is 4.44. The number of aromatic nitrogens is 2. The Kier molecular flexibility index (Phi) is 2.68. The topological polar surface area (TPSA) is 29.9 Å². The minimum Gasteiger partial charge on any atom is -0.308 e. The van der Waals surface area contributed by atoms with E-state index in [2.05, 4.69) is 23.1 Å². The van der Waals surface area contributed by atoms with E-state index in [-0.39, 0.29) is 0 Å². The highest BCUT2D eigenvalue weighted by atomic mass is 15.3. The summed E-state index contributed by atoms with van der Waals surface area (Å²) in [5, 5.41) is 7.88. The largest absolute Gasteiger partial charge is 0.308 e. The van der Waals surface area contributed by atoms with Gasteiger partial charge in [-0.15, -0.1) is 0 Å². The Hall–Kier alpha value is -1.09. The molecule has 76 valence electrons. The summed E-state index contributed by atoms with van der Waals surface area (Å²) < 4.78 is 1.94. The van der Waals surface area contributed by atoms with Crippen LogP contribution in [0, 0.1) is 0 Å². The second-order valence-corrected chi connectivity index (χ2v) is 4.12. The van der Waals surface area contributed by atoms with E-state index in [1.807, 2.05) is 17.8 Å². The third-order valence-corrected chi connectivity index (χ3v) is 2.28.